The number of ether oxygens (including phenoxy) is 1. The number of nitrogens with zero attached hydrogens (tertiary/aromatic N) is 2. The molecule has 0 aliphatic carbocycles. The second-order valence-electron chi connectivity index (χ2n) is 5.82. The van der Waals surface area contributed by atoms with Gasteiger partial charge in [0.15, 0.2) is 9.84 Å². The third kappa shape index (κ3) is 3.59. The van der Waals surface area contributed by atoms with Gasteiger partial charge in [0, 0.05) is 31.9 Å². The van der Waals surface area contributed by atoms with Crippen LogP contribution in [0.1, 0.15) is 10.4 Å². The number of amides is 1. The SMILES string of the molecule is Nc1ccc(C(=O)N2CCS(=O)(=O)CC2)c(N2CCOCC2)c1. The summed E-state index contributed by atoms with van der Waals surface area (Å²) in [6, 6.07) is 5.24. The van der Waals surface area contributed by atoms with Crippen molar-refractivity contribution in [1.82, 2.24) is 4.90 Å². The minimum atomic E-state index is -3.01. The van der Waals surface area contributed by atoms with Crippen molar-refractivity contribution in [2.75, 3.05) is 61.5 Å². The number of carbonyl (C=O) groups excluding carboxylic acids is 1. The van der Waals surface area contributed by atoms with Gasteiger partial charge in [0.05, 0.1) is 36.0 Å². The highest BCUT2D eigenvalue weighted by molar-refractivity contribution is 7.91. The Hall–Kier alpha value is -1.80. The number of hydrogen-bond acceptors (Lipinski definition) is 6. The van der Waals surface area contributed by atoms with Crippen LogP contribution in [-0.4, -0.2) is 70.1 Å². The number of benzene rings is 1. The van der Waals surface area contributed by atoms with E-state index in [9.17, 15) is 13.2 Å². The number of carbonyl (C=O) groups is 1. The molecule has 0 unspecified atom stereocenters. The van der Waals surface area contributed by atoms with Gasteiger partial charge in [0.2, 0.25) is 0 Å². The van der Waals surface area contributed by atoms with Gasteiger partial charge in [-0.15, -0.1) is 0 Å². The van der Waals surface area contributed by atoms with E-state index in [-0.39, 0.29) is 30.5 Å². The largest absolute Gasteiger partial charge is 0.399 e. The van der Waals surface area contributed by atoms with E-state index in [1.165, 1.54) is 0 Å². The van der Waals surface area contributed by atoms with E-state index in [1.807, 2.05) is 0 Å². The molecular formula is C15H21N3O4S. The summed E-state index contributed by atoms with van der Waals surface area (Å²) < 4.78 is 28.4. The molecule has 8 heteroatoms. The smallest absolute Gasteiger partial charge is 0.256 e. The fourth-order valence-corrected chi connectivity index (χ4v) is 4.08. The highest BCUT2D eigenvalue weighted by atomic mass is 32.2. The van der Waals surface area contributed by atoms with Gasteiger partial charge in [-0.25, -0.2) is 8.42 Å². The zero-order chi connectivity index (χ0) is 16.4. The Balaban J connectivity index is 1.85. The molecule has 2 N–H and O–H groups in total. The van der Waals surface area contributed by atoms with Gasteiger partial charge in [-0.1, -0.05) is 0 Å². The van der Waals surface area contributed by atoms with Crippen molar-refractivity contribution in [2.45, 2.75) is 0 Å². The van der Waals surface area contributed by atoms with E-state index >= 15 is 0 Å². The van der Waals surface area contributed by atoms with Gasteiger partial charge in [-0.05, 0) is 18.2 Å². The summed E-state index contributed by atoms with van der Waals surface area (Å²) in [6.07, 6.45) is 0. The number of morpholine rings is 1. The van der Waals surface area contributed by atoms with E-state index in [0.717, 1.165) is 5.69 Å². The number of hydrogen-bond donors (Lipinski definition) is 1. The van der Waals surface area contributed by atoms with Crippen LogP contribution in [0.4, 0.5) is 11.4 Å². The summed E-state index contributed by atoms with van der Waals surface area (Å²) >= 11 is 0. The number of nitrogen functional groups attached to an aromatic ring is 1. The Kier molecular flexibility index (Phi) is 4.45. The maximum Gasteiger partial charge on any atom is 0.256 e. The molecule has 126 valence electrons. The first-order valence-corrected chi connectivity index (χ1v) is 9.50. The van der Waals surface area contributed by atoms with Crippen molar-refractivity contribution in [3.05, 3.63) is 23.8 Å². The highest BCUT2D eigenvalue weighted by Crippen LogP contribution is 2.26. The fourth-order valence-electron chi connectivity index (χ4n) is 2.88. The summed E-state index contributed by atoms with van der Waals surface area (Å²) in [5.74, 6) is -0.0809. The Morgan fingerprint density at radius 3 is 2.39 bits per heavy atom. The molecule has 2 fully saturated rings. The van der Waals surface area contributed by atoms with E-state index in [0.29, 0.717) is 37.6 Å². The average Bonchev–Trinajstić information content (AvgIpc) is 2.55. The molecule has 7 nitrogen and oxygen atoms in total. The Morgan fingerprint density at radius 2 is 1.74 bits per heavy atom. The van der Waals surface area contributed by atoms with Crippen molar-refractivity contribution in [3.63, 3.8) is 0 Å². The molecular weight excluding hydrogens is 318 g/mol. The van der Waals surface area contributed by atoms with Crippen LogP contribution in [0.15, 0.2) is 18.2 Å². The van der Waals surface area contributed by atoms with Crippen molar-refractivity contribution in [1.29, 1.82) is 0 Å². The molecule has 2 aliphatic rings. The van der Waals surface area contributed by atoms with Gasteiger partial charge >= 0.3 is 0 Å². The zero-order valence-corrected chi connectivity index (χ0v) is 13.7. The lowest BCUT2D eigenvalue weighted by atomic mass is 10.1. The third-order valence-corrected chi connectivity index (χ3v) is 5.84. The number of anilines is 2. The van der Waals surface area contributed by atoms with Crippen molar-refractivity contribution >= 4 is 27.1 Å². The third-order valence-electron chi connectivity index (χ3n) is 4.24. The molecule has 2 aliphatic heterocycles. The van der Waals surface area contributed by atoms with Crippen molar-refractivity contribution < 1.29 is 17.9 Å². The minimum Gasteiger partial charge on any atom is -0.399 e. The normalized spacial score (nSPS) is 21.2. The number of rotatable bonds is 2. The zero-order valence-electron chi connectivity index (χ0n) is 12.9. The maximum absolute atomic E-state index is 12.8. The summed E-state index contributed by atoms with van der Waals surface area (Å²) in [5, 5.41) is 0. The fraction of sp³-hybridized carbons (Fsp3) is 0.533. The first kappa shape index (κ1) is 16.1. The topological polar surface area (TPSA) is 92.9 Å². The molecule has 23 heavy (non-hydrogen) atoms. The first-order valence-electron chi connectivity index (χ1n) is 7.68. The molecule has 2 heterocycles. The predicted molar refractivity (Wildman–Crippen MR) is 88.4 cm³/mol. The molecule has 0 aromatic heterocycles. The van der Waals surface area contributed by atoms with Crippen molar-refractivity contribution in [2.24, 2.45) is 0 Å². The minimum absolute atomic E-state index is 0.0284. The van der Waals surface area contributed by atoms with Crippen LogP contribution in [0.3, 0.4) is 0 Å². The van der Waals surface area contributed by atoms with Gasteiger partial charge in [0.1, 0.15) is 0 Å². The molecule has 0 bridgehead atoms. The Labute approximate surface area is 135 Å². The van der Waals surface area contributed by atoms with Gasteiger partial charge in [-0.3, -0.25) is 4.79 Å². The van der Waals surface area contributed by atoms with Gasteiger partial charge in [0.25, 0.3) is 5.91 Å². The Bertz CT molecular complexity index is 685. The standard InChI is InChI=1S/C15H21N3O4S/c16-12-1-2-13(14(11-12)17-3-7-22-8-4-17)15(19)18-5-9-23(20,21)10-6-18/h1-2,11H,3-10,16H2. The second kappa shape index (κ2) is 6.37. The Morgan fingerprint density at radius 1 is 1.09 bits per heavy atom. The quantitative estimate of drug-likeness (QED) is 0.761. The maximum atomic E-state index is 12.8. The van der Waals surface area contributed by atoms with Crippen LogP contribution in [0.25, 0.3) is 0 Å². The number of nitrogens with two attached hydrogens (primary N) is 1. The van der Waals surface area contributed by atoms with Gasteiger partial charge in [-0.2, -0.15) is 0 Å². The van der Waals surface area contributed by atoms with E-state index < -0.39 is 9.84 Å². The van der Waals surface area contributed by atoms with Gasteiger partial charge < -0.3 is 20.3 Å². The van der Waals surface area contributed by atoms with Crippen LogP contribution in [-0.2, 0) is 14.6 Å². The summed E-state index contributed by atoms with van der Waals surface area (Å²) in [5.41, 5.74) is 7.86. The lowest BCUT2D eigenvalue weighted by Crippen LogP contribution is -2.44. The van der Waals surface area contributed by atoms with Crippen molar-refractivity contribution in [3.8, 4) is 0 Å². The van der Waals surface area contributed by atoms with E-state index in [2.05, 4.69) is 4.90 Å². The van der Waals surface area contributed by atoms with Crippen LogP contribution in [0.2, 0.25) is 0 Å². The van der Waals surface area contributed by atoms with Crippen LogP contribution in [0, 0.1) is 0 Å². The van der Waals surface area contributed by atoms with Crippen LogP contribution < -0.4 is 10.6 Å². The lowest BCUT2D eigenvalue weighted by molar-refractivity contribution is 0.0769. The second-order valence-corrected chi connectivity index (χ2v) is 8.12. The average molecular weight is 339 g/mol. The molecule has 1 aromatic carbocycles. The molecule has 0 spiro atoms. The van der Waals surface area contributed by atoms with Crippen LogP contribution >= 0.6 is 0 Å². The predicted octanol–water partition coefficient (Wildman–Crippen LogP) is -0.0240. The molecule has 3 rings (SSSR count). The molecule has 1 aromatic rings. The molecule has 2 saturated heterocycles. The number of sulfone groups is 1. The van der Waals surface area contributed by atoms with E-state index in [1.54, 1.807) is 23.1 Å². The molecule has 0 radical (unpaired) electrons. The summed E-state index contributed by atoms with van der Waals surface area (Å²) in [7, 11) is -3.01. The van der Waals surface area contributed by atoms with E-state index in [4.69, 9.17) is 10.5 Å². The summed E-state index contributed by atoms with van der Waals surface area (Å²) in [6.45, 7) is 3.13. The molecule has 0 saturated carbocycles. The molecule has 1 amide bonds. The monoisotopic (exact) mass is 339 g/mol. The molecule has 0 atom stereocenters. The highest BCUT2D eigenvalue weighted by Gasteiger charge is 2.28. The lowest BCUT2D eigenvalue weighted by Gasteiger charge is -2.32. The van der Waals surface area contributed by atoms with Crippen LogP contribution in [0.5, 0.6) is 0 Å². The first-order chi connectivity index (χ1) is 11.0. The summed E-state index contributed by atoms with van der Waals surface area (Å²) in [4.78, 5) is 16.5.